The van der Waals surface area contributed by atoms with Crippen molar-refractivity contribution in [2.75, 3.05) is 24.9 Å². The van der Waals surface area contributed by atoms with Crippen molar-refractivity contribution in [1.29, 1.82) is 0 Å². The summed E-state index contributed by atoms with van der Waals surface area (Å²) in [6.45, 7) is 5.37. The Morgan fingerprint density at radius 2 is 1.89 bits per heavy atom. The first-order valence-corrected chi connectivity index (χ1v) is 18.0. The predicted molar refractivity (Wildman–Crippen MR) is 174 cm³/mol. The summed E-state index contributed by atoms with van der Waals surface area (Å²) in [5.41, 5.74) is 0.887. The Bertz CT molecular complexity index is 1200. The second-order valence-electron chi connectivity index (χ2n) is 10.6. The maximum absolute atomic E-state index is 12.3. The molecule has 0 saturated carbocycles. The highest BCUT2D eigenvalue weighted by Gasteiger charge is 2.54. The normalized spacial score (nSPS) is 20.2. The number of fused-ring (bicyclic) bond motifs is 2. The monoisotopic (exact) mass is 712 g/mol. The molecule has 3 unspecified atom stereocenters. The second-order valence-corrected chi connectivity index (χ2v) is 16.2. The molecule has 0 bridgehead atoms. The molecule has 4 atom stereocenters. The number of hydrogen-bond acceptors (Lipinski definition) is 9. The number of esters is 1. The van der Waals surface area contributed by atoms with Crippen LogP contribution in [-0.2, 0) is 36.7 Å². The third kappa shape index (κ3) is 10.7. The van der Waals surface area contributed by atoms with Crippen molar-refractivity contribution >= 4 is 75.5 Å². The van der Waals surface area contributed by atoms with Crippen molar-refractivity contribution in [3.05, 3.63) is 35.2 Å². The van der Waals surface area contributed by atoms with Crippen molar-refractivity contribution in [2.24, 2.45) is 0 Å². The van der Waals surface area contributed by atoms with Crippen LogP contribution < -0.4 is 14.8 Å². The Labute approximate surface area is 280 Å². The predicted octanol–water partition coefficient (Wildman–Crippen LogP) is 5.54. The minimum Gasteiger partial charge on any atom is -0.616 e. The number of halogens is 3. The van der Waals surface area contributed by atoms with Crippen LogP contribution in [0.3, 0.4) is 0 Å². The Morgan fingerprint density at radius 3 is 2.57 bits per heavy atom. The van der Waals surface area contributed by atoms with Crippen molar-refractivity contribution in [2.45, 2.75) is 86.2 Å². The van der Waals surface area contributed by atoms with E-state index in [1.165, 1.54) is 56.4 Å². The zero-order valence-electron chi connectivity index (χ0n) is 24.9. The van der Waals surface area contributed by atoms with E-state index in [9.17, 15) is 24.0 Å². The van der Waals surface area contributed by atoms with Gasteiger partial charge in [0.25, 0.3) is 5.91 Å². The number of benzene rings is 1. The molecule has 15 heteroatoms. The standard InChI is InChI=1S/C18H28O3S.C11H11Cl3N2O5S/c1-3-4-5-6-7-8-11-22(19)15(2)12-16-9-10-17-18(13-16)21-14-20-17;1-4(17)15-6-8(19)16-7(5(18)2-22-9(6)16)10(20)21-3-11(12,13)14/h9-10,13,15H,3-8,11-12,14H2,1-2H3;6,9,18H,2-3H2,1H3,(H,15,17)/t;6?,9-/m.1/s1. The van der Waals surface area contributed by atoms with Gasteiger partial charge in [-0.15, -0.1) is 11.8 Å². The van der Waals surface area contributed by atoms with Crippen LogP contribution in [0.1, 0.15) is 64.9 Å². The SMILES string of the molecule is CC(=O)NC1C(=O)N2C(C(=O)OCC(Cl)(Cl)Cl)=C(O)CS[C@H]12.CCCCCCCC[S+]([O-])C(C)Cc1ccc2c(c1)OCO2. The molecule has 3 heterocycles. The number of carbonyl (C=O) groups is 3. The maximum atomic E-state index is 12.3. The highest BCUT2D eigenvalue weighted by Crippen LogP contribution is 2.40. The molecule has 0 spiro atoms. The number of aliphatic hydroxyl groups is 1. The zero-order chi connectivity index (χ0) is 32.4. The van der Waals surface area contributed by atoms with E-state index in [-0.39, 0.29) is 28.4 Å². The number of hydrogen-bond donors (Lipinski definition) is 2. The second kappa shape index (κ2) is 17.3. The van der Waals surface area contributed by atoms with Crippen LogP contribution in [0.5, 0.6) is 11.5 Å². The Morgan fingerprint density at radius 1 is 1.20 bits per heavy atom. The van der Waals surface area contributed by atoms with Crippen molar-refractivity contribution < 1.29 is 38.3 Å². The molecule has 2 N–H and O–H groups in total. The van der Waals surface area contributed by atoms with Gasteiger partial charge in [0.1, 0.15) is 34.8 Å². The van der Waals surface area contributed by atoms with Gasteiger partial charge in [0, 0.05) is 13.3 Å². The van der Waals surface area contributed by atoms with E-state index in [0.29, 0.717) is 6.79 Å². The molecule has 4 rings (SSSR count). The highest BCUT2D eigenvalue weighted by molar-refractivity contribution is 8.00. The molecule has 0 aromatic heterocycles. The molecule has 44 heavy (non-hydrogen) atoms. The number of alkyl halides is 3. The molecule has 1 saturated heterocycles. The van der Waals surface area contributed by atoms with E-state index in [2.05, 4.69) is 19.2 Å². The topological polar surface area (TPSA) is 137 Å². The van der Waals surface area contributed by atoms with Gasteiger partial charge in [-0.2, -0.15) is 0 Å². The Hall–Kier alpha value is -1.70. The van der Waals surface area contributed by atoms with Gasteiger partial charge in [-0.25, -0.2) is 4.79 Å². The third-order valence-corrected chi connectivity index (χ3v) is 10.3. The minimum atomic E-state index is -1.80. The summed E-state index contributed by atoms with van der Waals surface area (Å²) in [5, 5.41) is 12.0. The number of carbonyl (C=O) groups excluding carboxylic acids is 3. The highest BCUT2D eigenvalue weighted by atomic mass is 35.6. The molecule has 0 aliphatic carbocycles. The van der Waals surface area contributed by atoms with Crippen molar-refractivity contribution in [1.82, 2.24) is 10.2 Å². The Balaban J connectivity index is 0.000000240. The molecular formula is C29H39Cl3N2O8S2. The number of β-lactam (4-membered cyclic amide) rings is 1. The van der Waals surface area contributed by atoms with Crippen LogP contribution >= 0.6 is 46.6 Å². The third-order valence-electron chi connectivity index (χ3n) is 6.98. The number of ether oxygens (including phenoxy) is 3. The quantitative estimate of drug-likeness (QED) is 0.0887. The zero-order valence-corrected chi connectivity index (χ0v) is 28.8. The number of unbranched alkanes of at least 4 members (excludes halogenated alkanes) is 5. The average molecular weight is 714 g/mol. The first kappa shape index (κ1) is 36.8. The van der Waals surface area contributed by atoms with Crippen LogP contribution in [-0.4, -0.2) is 77.7 Å². The fourth-order valence-electron chi connectivity index (χ4n) is 4.75. The first-order valence-electron chi connectivity index (χ1n) is 14.5. The summed E-state index contributed by atoms with van der Waals surface area (Å²) in [7, 11) is 0. The maximum Gasteiger partial charge on any atom is 0.358 e. The van der Waals surface area contributed by atoms with E-state index in [0.717, 1.165) is 35.0 Å². The fourth-order valence-corrected chi connectivity index (χ4v) is 7.38. The largest absolute Gasteiger partial charge is 0.616 e. The lowest BCUT2D eigenvalue weighted by Crippen LogP contribution is -2.70. The van der Waals surface area contributed by atoms with E-state index >= 15 is 0 Å². The molecular weight excluding hydrogens is 675 g/mol. The van der Waals surface area contributed by atoms with Gasteiger partial charge in [-0.3, -0.25) is 14.5 Å². The summed E-state index contributed by atoms with van der Waals surface area (Å²) >= 11 is 16.9. The summed E-state index contributed by atoms with van der Waals surface area (Å²) in [6.07, 6.45) is 8.32. The van der Waals surface area contributed by atoms with Crippen LogP contribution in [0.2, 0.25) is 0 Å². The molecule has 0 radical (unpaired) electrons. The smallest absolute Gasteiger partial charge is 0.358 e. The summed E-state index contributed by atoms with van der Waals surface area (Å²) in [5.74, 6) is 0.406. The number of thioether (sulfide) groups is 1. The van der Waals surface area contributed by atoms with Crippen molar-refractivity contribution in [3.63, 3.8) is 0 Å². The van der Waals surface area contributed by atoms with Crippen LogP contribution in [0.4, 0.5) is 0 Å². The lowest BCUT2D eigenvalue weighted by Gasteiger charge is -2.48. The van der Waals surface area contributed by atoms with Crippen molar-refractivity contribution in [3.8, 4) is 11.5 Å². The molecule has 1 aromatic rings. The van der Waals surface area contributed by atoms with Gasteiger partial charge in [0.05, 0.1) is 5.75 Å². The van der Waals surface area contributed by atoms with Crippen LogP contribution in [0.15, 0.2) is 29.7 Å². The van der Waals surface area contributed by atoms with Gasteiger partial charge < -0.3 is 29.2 Å². The number of amides is 2. The van der Waals surface area contributed by atoms with E-state index < -0.39 is 44.9 Å². The van der Waals surface area contributed by atoms with Gasteiger partial charge in [0.2, 0.25) is 16.5 Å². The van der Waals surface area contributed by atoms with Crippen LogP contribution in [0, 0.1) is 0 Å². The van der Waals surface area contributed by atoms with Gasteiger partial charge in [-0.1, -0.05) is 84.7 Å². The lowest BCUT2D eigenvalue weighted by molar-refractivity contribution is -0.153. The average Bonchev–Trinajstić information content (AvgIpc) is 3.44. The molecule has 1 aromatic carbocycles. The number of aliphatic hydroxyl groups excluding tert-OH is 1. The molecule has 246 valence electrons. The number of nitrogens with one attached hydrogen (secondary N) is 1. The van der Waals surface area contributed by atoms with Gasteiger partial charge in [-0.05, 0) is 37.5 Å². The lowest BCUT2D eigenvalue weighted by atomic mass is 10.0. The van der Waals surface area contributed by atoms with E-state index in [4.69, 9.17) is 49.0 Å². The van der Waals surface area contributed by atoms with Crippen LogP contribution in [0.25, 0.3) is 0 Å². The Kier molecular flexibility index (Phi) is 14.4. The summed E-state index contributed by atoms with van der Waals surface area (Å²) in [4.78, 5) is 36.2. The van der Waals surface area contributed by atoms with Gasteiger partial charge in [0.15, 0.2) is 17.2 Å². The molecule has 3 aliphatic heterocycles. The molecule has 2 amide bonds. The van der Waals surface area contributed by atoms with E-state index in [1.54, 1.807) is 0 Å². The number of rotatable bonds is 13. The van der Waals surface area contributed by atoms with Gasteiger partial charge >= 0.3 is 5.97 Å². The fraction of sp³-hybridized carbons (Fsp3) is 0.621. The van der Waals surface area contributed by atoms with E-state index in [1.807, 2.05) is 18.2 Å². The molecule has 1 fully saturated rings. The summed E-state index contributed by atoms with van der Waals surface area (Å²) in [6, 6.07) is 5.26. The molecule has 10 nitrogen and oxygen atoms in total. The molecule has 3 aliphatic rings. The first-order chi connectivity index (χ1) is 20.8. The minimum absolute atomic E-state index is 0.0999. The number of nitrogens with zero attached hydrogens (tertiary/aromatic N) is 1. The summed E-state index contributed by atoms with van der Waals surface area (Å²) < 4.78 is 26.0.